The molecule has 0 bridgehead atoms. The smallest absolute Gasteiger partial charge is 0.339 e. The lowest BCUT2D eigenvalue weighted by Crippen LogP contribution is -2.07. The molecule has 1 heterocycles. The molecule has 0 unspecified atom stereocenters. The number of rotatable bonds is 6. The summed E-state index contributed by atoms with van der Waals surface area (Å²) >= 11 is 3.23. The van der Waals surface area contributed by atoms with Crippen LogP contribution in [0, 0.1) is 0 Å². The molecule has 6 heteroatoms. The van der Waals surface area contributed by atoms with Crippen LogP contribution in [0.3, 0.4) is 0 Å². The maximum absolute atomic E-state index is 11.3. The number of hydrogen-bond acceptors (Lipinski definition) is 4. The average Bonchev–Trinajstić information content (AvgIpc) is 2.48. The van der Waals surface area contributed by atoms with E-state index in [-0.39, 0.29) is 5.56 Å². The van der Waals surface area contributed by atoms with Gasteiger partial charge in [-0.15, -0.1) is 0 Å². The fourth-order valence-electron chi connectivity index (χ4n) is 1.90. The van der Waals surface area contributed by atoms with Gasteiger partial charge >= 0.3 is 5.97 Å². The van der Waals surface area contributed by atoms with Crippen LogP contribution in [0.5, 0.6) is 0 Å². The van der Waals surface area contributed by atoms with Crippen LogP contribution in [-0.2, 0) is 11.2 Å². The molecule has 0 saturated carbocycles. The summed E-state index contributed by atoms with van der Waals surface area (Å²) in [4.78, 5) is 15.4. The summed E-state index contributed by atoms with van der Waals surface area (Å²) in [6.45, 7) is 0.595. The van der Waals surface area contributed by atoms with E-state index in [1.807, 2.05) is 24.3 Å². The van der Waals surface area contributed by atoms with E-state index in [4.69, 9.17) is 4.74 Å². The van der Waals surface area contributed by atoms with Gasteiger partial charge in [-0.3, -0.25) is 0 Å². The van der Waals surface area contributed by atoms with E-state index in [0.29, 0.717) is 16.9 Å². The van der Waals surface area contributed by atoms with Crippen LogP contribution in [0.25, 0.3) is 0 Å². The summed E-state index contributed by atoms with van der Waals surface area (Å²) < 4.78 is 5.71. The second kappa shape index (κ2) is 7.19. The zero-order valence-electron chi connectivity index (χ0n) is 11.5. The van der Waals surface area contributed by atoms with Crippen molar-refractivity contribution < 1.29 is 14.6 Å². The van der Waals surface area contributed by atoms with Gasteiger partial charge in [-0.2, -0.15) is 0 Å². The highest BCUT2D eigenvalue weighted by atomic mass is 79.9. The molecule has 0 radical (unpaired) electrons. The third-order valence-corrected chi connectivity index (χ3v) is 3.36. The van der Waals surface area contributed by atoms with E-state index in [1.54, 1.807) is 13.3 Å². The Hall–Kier alpha value is -1.92. The first-order valence-corrected chi connectivity index (χ1v) is 7.14. The number of nitrogens with zero attached hydrogens (tertiary/aromatic N) is 1. The minimum Gasteiger partial charge on any atom is -0.478 e. The van der Waals surface area contributed by atoms with Gasteiger partial charge in [-0.1, -0.05) is 18.2 Å². The van der Waals surface area contributed by atoms with Crippen molar-refractivity contribution >= 4 is 33.4 Å². The van der Waals surface area contributed by atoms with E-state index < -0.39 is 5.97 Å². The zero-order chi connectivity index (χ0) is 15.2. The molecule has 2 N–H and O–H groups in total. The van der Waals surface area contributed by atoms with E-state index in [9.17, 15) is 9.90 Å². The Bertz CT molecular complexity index is 647. The molecule has 0 aliphatic carbocycles. The molecular formula is C15H15BrN2O3. The Labute approximate surface area is 131 Å². The number of aromatic nitrogens is 1. The highest BCUT2D eigenvalue weighted by Crippen LogP contribution is 2.24. The van der Waals surface area contributed by atoms with Crippen LogP contribution >= 0.6 is 15.9 Å². The van der Waals surface area contributed by atoms with Crippen molar-refractivity contribution in [1.82, 2.24) is 4.98 Å². The van der Waals surface area contributed by atoms with Crippen LogP contribution in [0.15, 0.2) is 41.0 Å². The summed E-state index contributed by atoms with van der Waals surface area (Å²) in [5.41, 5.74) is 1.98. The number of nitrogens with one attached hydrogen (secondary N) is 1. The monoisotopic (exact) mass is 350 g/mol. The second-order valence-corrected chi connectivity index (χ2v) is 5.30. The number of aromatic carboxylic acids is 1. The van der Waals surface area contributed by atoms with Gasteiger partial charge in [0, 0.05) is 23.5 Å². The van der Waals surface area contributed by atoms with Crippen LogP contribution in [0.2, 0.25) is 0 Å². The molecule has 2 aromatic rings. The van der Waals surface area contributed by atoms with Gasteiger partial charge in [-0.25, -0.2) is 9.78 Å². The number of pyridine rings is 1. The first kappa shape index (κ1) is 15.5. The van der Waals surface area contributed by atoms with Crippen molar-refractivity contribution in [3.05, 3.63) is 52.1 Å². The first-order chi connectivity index (χ1) is 10.1. The lowest BCUT2D eigenvalue weighted by Gasteiger charge is -2.13. The Morgan fingerprint density at radius 3 is 2.90 bits per heavy atom. The predicted octanol–water partition coefficient (Wildman–Crippen LogP) is 3.47. The fraction of sp³-hybridized carbons (Fsp3) is 0.200. The van der Waals surface area contributed by atoms with Crippen LogP contribution in [0.4, 0.5) is 11.5 Å². The molecule has 110 valence electrons. The van der Waals surface area contributed by atoms with Gasteiger partial charge in [0.1, 0.15) is 11.4 Å². The van der Waals surface area contributed by atoms with E-state index in [2.05, 4.69) is 26.2 Å². The van der Waals surface area contributed by atoms with Gasteiger partial charge in [0.05, 0.1) is 6.61 Å². The molecule has 1 aromatic carbocycles. The minimum atomic E-state index is -1.03. The number of para-hydroxylation sites is 1. The van der Waals surface area contributed by atoms with Crippen LogP contribution in [-0.4, -0.2) is 29.8 Å². The van der Waals surface area contributed by atoms with Crippen LogP contribution < -0.4 is 5.32 Å². The number of halogens is 1. The summed E-state index contributed by atoms with van der Waals surface area (Å²) in [7, 11) is 1.65. The van der Waals surface area contributed by atoms with Crippen molar-refractivity contribution in [2.24, 2.45) is 0 Å². The molecule has 0 aliphatic rings. The van der Waals surface area contributed by atoms with Crippen molar-refractivity contribution in [2.75, 3.05) is 19.0 Å². The quantitative estimate of drug-likeness (QED) is 0.834. The minimum absolute atomic E-state index is 0.117. The molecule has 21 heavy (non-hydrogen) atoms. The van der Waals surface area contributed by atoms with Gasteiger partial charge in [0.2, 0.25) is 0 Å². The SMILES string of the molecule is COCCc1ccccc1Nc1ncc(Br)cc1C(=O)O. The number of carbonyl (C=O) groups is 1. The lowest BCUT2D eigenvalue weighted by atomic mass is 10.1. The average molecular weight is 351 g/mol. The number of benzene rings is 1. The molecule has 0 fully saturated rings. The van der Waals surface area contributed by atoms with Crippen molar-refractivity contribution in [1.29, 1.82) is 0 Å². The highest BCUT2D eigenvalue weighted by molar-refractivity contribution is 9.10. The van der Waals surface area contributed by atoms with Gasteiger partial charge in [0.15, 0.2) is 0 Å². The summed E-state index contributed by atoms with van der Waals surface area (Å²) in [5.74, 6) is -0.712. The lowest BCUT2D eigenvalue weighted by molar-refractivity contribution is 0.0697. The molecule has 0 aliphatic heterocycles. The normalized spacial score (nSPS) is 10.4. The molecule has 0 amide bonds. The highest BCUT2D eigenvalue weighted by Gasteiger charge is 2.13. The Balaban J connectivity index is 2.32. The molecule has 0 saturated heterocycles. The molecule has 0 atom stereocenters. The Morgan fingerprint density at radius 1 is 1.43 bits per heavy atom. The Morgan fingerprint density at radius 2 is 2.19 bits per heavy atom. The first-order valence-electron chi connectivity index (χ1n) is 6.34. The van der Waals surface area contributed by atoms with Crippen LogP contribution in [0.1, 0.15) is 15.9 Å². The maximum Gasteiger partial charge on any atom is 0.339 e. The molecule has 1 aromatic heterocycles. The number of ether oxygens (including phenoxy) is 1. The van der Waals surface area contributed by atoms with Crippen molar-refractivity contribution in [3.63, 3.8) is 0 Å². The maximum atomic E-state index is 11.3. The second-order valence-electron chi connectivity index (χ2n) is 4.38. The Kier molecular flexibility index (Phi) is 5.30. The topological polar surface area (TPSA) is 71.5 Å². The number of hydrogen-bond donors (Lipinski definition) is 2. The number of methoxy groups -OCH3 is 1. The zero-order valence-corrected chi connectivity index (χ0v) is 13.1. The summed E-state index contributed by atoms with van der Waals surface area (Å²) in [6, 6.07) is 9.21. The largest absolute Gasteiger partial charge is 0.478 e. The third-order valence-electron chi connectivity index (χ3n) is 2.93. The van der Waals surface area contributed by atoms with E-state index in [0.717, 1.165) is 17.7 Å². The van der Waals surface area contributed by atoms with Gasteiger partial charge < -0.3 is 15.2 Å². The summed E-state index contributed by atoms with van der Waals surface area (Å²) in [6.07, 6.45) is 2.30. The van der Waals surface area contributed by atoms with E-state index >= 15 is 0 Å². The van der Waals surface area contributed by atoms with E-state index in [1.165, 1.54) is 6.07 Å². The molecule has 2 rings (SSSR count). The van der Waals surface area contributed by atoms with Gasteiger partial charge in [0.25, 0.3) is 0 Å². The number of carboxylic acid groups (broad SMARTS) is 1. The van der Waals surface area contributed by atoms with Gasteiger partial charge in [-0.05, 0) is 40.0 Å². The summed E-state index contributed by atoms with van der Waals surface area (Å²) in [5, 5.41) is 12.3. The third kappa shape index (κ3) is 4.03. The standard InChI is InChI=1S/C15H15BrN2O3/c1-21-7-6-10-4-2-3-5-13(10)18-14-12(15(19)20)8-11(16)9-17-14/h2-5,8-9H,6-7H2,1H3,(H,17,18)(H,19,20). The molecular weight excluding hydrogens is 336 g/mol. The molecule has 5 nitrogen and oxygen atoms in total. The number of carboxylic acids is 1. The number of anilines is 2. The fourth-order valence-corrected chi connectivity index (χ4v) is 2.23. The van der Waals surface area contributed by atoms with Crippen molar-refractivity contribution in [3.8, 4) is 0 Å². The predicted molar refractivity (Wildman–Crippen MR) is 84.2 cm³/mol. The molecule has 0 spiro atoms. The van der Waals surface area contributed by atoms with Crippen molar-refractivity contribution in [2.45, 2.75) is 6.42 Å².